The van der Waals surface area contributed by atoms with Crippen LogP contribution >= 0.6 is 0 Å². The highest BCUT2D eigenvalue weighted by atomic mass is 16.5. The maximum atomic E-state index is 11.8. The van der Waals surface area contributed by atoms with E-state index < -0.39 is 5.60 Å². The largest absolute Gasteiger partial charge is 0.463 e. The molecule has 1 fully saturated rings. The average molecular weight is 310 g/mol. The molecule has 0 spiro atoms. The maximum Gasteiger partial charge on any atom is 0.314 e. The molecule has 1 aliphatic heterocycles. The second-order valence-electron chi connectivity index (χ2n) is 6.07. The number of amides is 2. The van der Waals surface area contributed by atoms with Crippen molar-refractivity contribution in [3.05, 3.63) is 23.7 Å². The smallest absolute Gasteiger partial charge is 0.314 e. The summed E-state index contributed by atoms with van der Waals surface area (Å²) in [5.41, 5.74) is -1.22. The minimum atomic E-state index is -1.22. The normalized spacial score (nSPS) is 21.1. The van der Waals surface area contributed by atoms with E-state index in [0.717, 1.165) is 31.6 Å². The first-order chi connectivity index (χ1) is 10.5. The molecule has 1 aromatic heterocycles. The lowest BCUT2D eigenvalue weighted by Gasteiger charge is -2.23. The monoisotopic (exact) mass is 310 g/mol. The van der Waals surface area contributed by atoms with Crippen LogP contribution < -0.4 is 10.6 Å². The highest BCUT2D eigenvalue weighted by Gasteiger charge is 2.27. The minimum Gasteiger partial charge on any atom is -0.463 e. The Balaban J connectivity index is 1.66. The van der Waals surface area contributed by atoms with Gasteiger partial charge in [0.05, 0.1) is 12.6 Å². The fraction of sp³-hybridized carbons (Fsp3) is 0.688. The van der Waals surface area contributed by atoms with Gasteiger partial charge in [-0.1, -0.05) is 0 Å². The van der Waals surface area contributed by atoms with E-state index in [1.807, 2.05) is 6.92 Å². The van der Waals surface area contributed by atoms with Gasteiger partial charge in [-0.05, 0) is 51.7 Å². The second-order valence-corrected chi connectivity index (χ2v) is 6.07. The lowest BCUT2D eigenvalue weighted by atomic mass is 10.0. The number of nitrogens with one attached hydrogen (secondary N) is 2. The summed E-state index contributed by atoms with van der Waals surface area (Å²) >= 11 is 0. The van der Waals surface area contributed by atoms with E-state index in [1.165, 1.54) is 6.42 Å². The van der Waals surface area contributed by atoms with Gasteiger partial charge in [0.2, 0.25) is 0 Å². The molecule has 0 radical (unpaired) electrons. The van der Waals surface area contributed by atoms with Gasteiger partial charge in [-0.2, -0.15) is 0 Å². The molecule has 6 nitrogen and oxygen atoms in total. The summed E-state index contributed by atoms with van der Waals surface area (Å²) in [4.78, 5) is 11.8. The van der Waals surface area contributed by atoms with Gasteiger partial charge in [0, 0.05) is 13.2 Å². The topological polar surface area (TPSA) is 83.7 Å². The number of carbonyl (C=O) groups excluding carboxylic acids is 1. The van der Waals surface area contributed by atoms with E-state index in [-0.39, 0.29) is 18.7 Å². The Bertz CT molecular complexity index is 478. The van der Waals surface area contributed by atoms with Crippen LogP contribution in [0.15, 0.2) is 16.5 Å². The van der Waals surface area contributed by atoms with Crippen molar-refractivity contribution in [1.29, 1.82) is 0 Å². The van der Waals surface area contributed by atoms with E-state index >= 15 is 0 Å². The molecule has 22 heavy (non-hydrogen) atoms. The van der Waals surface area contributed by atoms with E-state index in [9.17, 15) is 9.90 Å². The highest BCUT2D eigenvalue weighted by molar-refractivity contribution is 5.73. The third-order valence-electron chi connectivity index (χ3n) is 3.89. The van der Waals surface area contributed by atoms with Crippen LogP contribution in [-0.2, 0) is 10.3 Å². The minimum absolute atomic E-state index is 0.0890. The zero-order chi connectivity index (χ0) is 16.0. The maximum absolute atomic E-state index is 11.8. The lowest BCUT2D eigenvalue weighted by molar-refractivity contribution is 0.0118. The van der Waals surface area contributed by atoms with Gasteiger partial charge in [-0.25, -0.2) is 4.79 Å². The summed E-state index contributed by atoms with van der Waals surface area (Å²) in [6.07, 6.45) is 4.47. The molecule has 0 saturated carbocycles. The Morgan fingerprint density at radius 2 is 2.23 bits per heavy atom. The standard InChI is InChI=1S/C16H26N2O4/c1-12-6-7-14(22-12)16(2,20)11-18-15(19)17-9-8-13-5-3-4-10-21-13/h6-7,13,20H,3-5,8-11H2,1-2H3,(H2,17,18,19). The first-order valence-corrected chi connectivity index (χ1v) is 7.90. The Hall–Kier alpha value is -1.53. The first-order valence-electron chi connectivity index (χ1n) is 7.90. The summed E-state index contributed by atoms with van der Waals surface area (Å²) in [5, 5.41) is 15.8. The molecule has 1 aliphatic rings. The van der Waals surface area contributed by atoms with E-state index in [0.29, 0.717) is 12.3 Å². The summed E-state index contributed by atoms with van der Waals surface area (Å²) in [6.45, 7) is 4.90. The Kier molecular flexibility index (Phi) is 5.85. The van der Waals surface area contributed by atoms with E-state index in [1.54, 1.807) is 19.1 Å². The number of hydrogen-bond donors (Lipinski definition) is 3. The number of aryl methyl sites for hydroxylation is 1. The van der Waals surface area contributed by atoms with E-state index in [4.69, 9.17) is 9.15 Å². The zero-order valence-corrected chi connectivity index (χ0v) is 13.4. The number of furan rings is 1. The number of urea groups is 1. The average Bonchev–Trinajstić information content (AvgIpc) is 2.94. The SMILES string of the molecule is Cc1ccc(C(C)(O)CNC(=O)NCCC2CCCCO2)o1. The van der Waals surface area contributed by atoms with Crippen LogP contribution in [0.25, 0.3) is 0 Å². The van der Waals surface area contributed by atoms with Crippen molar-refractivity contribution >= 4 is 6.03 Å². The predicted molar refractivity (Wildman–Crippen MR) is 82.6 cm³/mol. The van der Waals surface area contributed by atoms with Crippen LogP contribution in [0.5, 0.6) is 0 Å². The van der Waals surface area contributed by atoms with Crippen molar-refractivity contribution in [2.45, 2.75) is 51.2 Å². The van der Waals surface area contributed by atoms with Gasteiger partial charge in [-0.15, -0.1) is 0 Å². The highest BCUT2D eigenvalue weighted by Crippen LogP contribution is 2.21. The first kappa shape index (κ1) is 16.8. The Morgan fingerprint density at radius 3 is 2.86 bits per heavy atom. The molecule has 0 bridgehead atoms. The summed E-state index contributed by atoms with van der Waals surface area (Å²) in [7, 11) is 0. The van der Waals surface area contributed by atoms with Crippen molar-refractivity contribution in [3.63, 3.8) is 0 Å². The molecule has 124 valence electrons. The molecule has 0 aromatic carbocycles. The molecule has 2 rings (SSSR count). The van der Waals surface area contributed by atoms with Gasteiger partial charge >= 0.3 is 6.03 Å². The molecule has 6 heteroatoms. The predicted octanol–water partition coefficient (Wildman–Crippen LogP) is 2.05. The zero-order valence-electron chi connectivity index (χ0n) is 13.4. The number of hydrogen-bond acceptors (Lipinski definition) is 4. The quantitative estimate of drug-likeness (QED) is 0.751. The van der Waals surface area contributed by atoms with Crippen molar-refractivity contribution < 1.29 is 19.1 Å². The van der Waals surface area contributed by atoms with Crippen LogP contribution in [0.4, 0.5) is 4.79 Å². The summed E-state index contributed by atoms with van der Waals surface area (Å²) in [6, 6.07) is 3.21. The molecule has 2 heterocycles. The van der Waals surface area contributed by atoms with Crippen molar-refractivity contribution in [1.82, 2.24) is 10.6 Å². The van der Waals surface area contributed by atoms with Crippen LogP contribution in [0.3, 0.4) is 0 Å². The third-order valence-corrected chi connectivity index (χ3v) is 3.89. The van der Waals surface area contributed by atoms with Gasteiger partial charge in [0.15, 0.2) is 0 Å². The molecular formula is C16H26N2O4. The lowest BCUT2D eigenvalue weighted by Crippen LogP contribution is -2.44. The van der Waals surface area contributed by atoms with Crippen LogP contribution in [0.2, 0.25) is 0 Å². The van der Waals surface area contributed by atoms with E-state index in [2.05, 4.69) is 10.6 Å². The molecule has 3 N–H and O–H groups in total. The molecule has 2 atom stereocenters. The fourth-order valence-corrected chi connectivity index (χ4v) is 2.51. The number of aliphatic hydroxyl groups is 1. The fourth-order valence-electron chi connectivity index (χ4n) is 2.51. The van der Waals surface area contributed by atoms with Gasteiger partial charge in [0.25, 0.3) is 0 Å². The molecule has 1 saturated heterocycles. The number of carbonyl (C=O) groups is 1. The molecule has 1 aromatic rings. The molecule has 2 amide bonds. The Labute approximate surface area is 131 Å². The van der Waals surface area contributed by atoms with Crippen molar-refractivity contribution in [2.24, 2.45) is 0 Å². The molecule has 0 aliphatic carbocycles. The van der Waals surface area contributed by atoms with Crippen LogP contribution in [0.1, 0.15) is 44.1 Å². The van der Waals surface area contributed by atoms with Gasteiger partial charge in [0.1, 0.15) is 17.1 Å². The van der Waals surface area contributed by atoms with Crippen molar-refractivity contribution in [2.75, 3.05) is 19.7 Å². The number of ether oxygens (including phenoxy) is 1. The van der Waals surface area contributed by atoms with Crippen molar-refractivity contribution in [3.8, 4) is 0 Å². The molecule has 2 unspecified atom stereocenters. The van der Waals surface area contributed by atoms with Crippen LogP contribution in [-0.4, -0.2) is 36.9 Å². The summed E-state index contributed by atoms with van der Waals surface area (Å²) in [5.74, 6) is 1.17. The van der Waals surface area contributed by atoms with Gasteiger partial charge < -0.3 is 24.9 Å². The second kappa shape index (κ2) is 7.65. The summed E-state index contributed by atoms with van der Waals surface area (Å²) < 4.78 is 11.0. The number of rotatable bonds is 6. The van der Waals surface area contributed by atoms with Crippen LogP contribution in [0, 0.1) is 6.92 Å². The molecular weight excluding hydrogens is 284 g/mol. The third kappa shape index (κ3) is 5.03. The van der Waals surface area contributed by atoms with Gasteiger partial charge in [-0.3, -0.25) is 0 Å². The Morgan fingerprint density at radius 1 is 1.41 bits per heavy atom.